The highest BCUT2D eigenvalue weighted by Gasteiger charge is 2.07. The Kier molecular flexibility index (Phi) is 1.94. The molecule has 0 saturated carbocycles. The molecule has 0 radical (unpaired) electrons. The van der Waals surface area contributed by atoms with Crippen molar-refractivity contribution in [2.24, 2.45) is 0 Å². The second kappa shape index (κ2) is 2.55. The molecule has 0 bridgehead atoms. The Morgan fingerprint density at radius 3 is 2.67 bits per heavy atom. The molecule has 1 unspecified atom stereocenters. The molecule has 1 N–H and O–H groups in total. The Hall–Kier alpha value is -0.260. The maximum atomic E-state index is 12.3. The predicted octanol–water partition coefficient (Wildman–Crippen LogP) is 1.47. The minimum atomic E-state index is -2.17. The minimum absolute atomic E-state index is 0.116. The summed E-state index contributed by atoms with van der Waals surface area (Å²) in [5.41, 5.74) is 0. The van der Waals surface area contributed by atoms with Gasteiger partial charge in [-0.05, 0) is 11.4 Å². The zero-order valence-corrected chi connectivity index (χ0v) is 5.84. The van der Waals surface area contributed by atoms with Crippen LogP contribution in [0, 0.1) is 5.82 Å². The first-order chi connectivity index (χ1) is 4.22. The van der Waals surface area contributed by atoms with Crippen LogP contribution in [0.5, 0.6) is 0 Å². The molecule has 50 valence electrons. The molecule has 0 fully saturated rings. The molecule has 0 aliphatic rings. The molecule has 0 amide bonds. The first-order valence-electron chi connectivity index (χ1n) is 2.05. The van der Waals surface area contributed by atoms with Crippen LogP contribution in [-0.2, 0) is 11.1 Å². The van der Waals surface area contributed by atoms with Gasteiger partial charge in [-0.25, -0.2) is 8.60 Å². The van der Waals surface area contributed by atoms with Crippen molar-refractivity contribution in [1.82, 2.24) is 0 Å². The molecular formula is C4H3FO2S2. The molecule has 0 aromatic carbocycles. The van der Waals surface area contributed by atoms with Crippen LogP contribution >= 0.6 is 11.3 Å². The van der Waals surface area contributed by atoms with Crippen LogP contribution in [0.3, 0.4) is 0 Å². The summed E-state index contributed by atoms with van der Waals surface area (Å²) in [6, 6.07) is 1.16. The van der Waals surface area contributed by atoms with E-state index < -0.39 is 16.9 Å². The molecule has 0 aliphatic heterocycles. The van der Waals surface area contributed by atoms with Gasteiger partial charge in [0.05, 0.1) is 0 Å². The first kappa shape index (κ1) is 6.85. The molecule has 0 saturated heterocycles. The van der Waals surface area contributed by atoms with Crippen molar-refractivity contribution in [1.29, 1.82) is 0 Å². The third kappa shape index (κ3) is 1.35. The highest BCUT2D eigenvalue weighted by Crippen LogP contribution is 2.17. The highest BCUT2D eigenvalue weighted by molar-refractivity contribution is 7.81. The van der Waals surface area contributed by atoms with E-state index in [-0.39, 0.29) is 4.21 Å². The van der Waals surface area contributed by atoms with Gasteiger partial charge in [0.1, 0.15) is 0 Å². The van der Waals surface area contributed by atoms with Crippen molar-refractivity contribution < 1.29 is 13.2 Å². The average Bonchev–Trinajstić information content (AvgIpc) is 2.13. The van der Waals surface area contributed by atoms with Gasteiger partial charge >= 0.3 is 0 Å². The molecule has 9 heavy (non-hydrogen) atoms. The number of rotatable bonds is 1. The predicted molar refractivity (Wildman–Crippen MR) is 33.3 cm³/mol. The van der Waals surface area contributed by atoms with Gasteiger partial charge in [0, 0.05) is 0 Å². The Balaban J connectivity index is 3.08. The second-order valence-corrected chi connectivity index (χ2v) is 3.39. The van der Waals surface area contributed by atoms with Gasteiger partial charge in [-0.3, -0.25) is 0 Å². The summed E-state index contributed by atoms with van der Waals surface area (Å²) >= 11 is -1.23. The quantitative estimate of drug-likeness (QED) is 0.641. The van der Waals surface area contributed by atoms with Crippen molar-refractivity contribution in [3.05, 3.63) is 17.3 Å². The highest BCUT2D eigenvalue weighted by atomic mass is 32.2. The molecule has 2 nitrogen and oxygen atoms in total. The zero-order chi connectivity index (χ0) is 6.85. The van der Waals surface area contributed by atoms with E-state index in [2.05, 4.69) is 0 Å². The molecule has 0 aliphatic carbocycles. The smallest absolute Gasteiger partial charge is 0.199 e. The van der Waals surface area contributed by atoms with Crippen LogP contribution in [0.4, 0.5) is 4.39 Å². The Bertz CT molecular complexity index is 232. The minimum Gasteiger partial charge on any atom is -0.302 e. The average molecular weight is 166 g/mol. The van der Waals surface area contributed by atoms with Crippen LogP contribution in [0.2, 0.25) is 0 Å². The van der Waals surface area contributed by atoms with E-state index in [1.807, 2.05) is 0 Å². The van der Waals surface area contributed by atoms with Crippen molar-refractivity contribution >= 4 is 22.4 Å². The monoisotopic (exact) mass is 166 g/mol. The summed E-state index contributed by atoms with van der Waals surface area (Å²) in [7, 11) is 0. The summed E-state index contributed by atoms with van der Waals surface area (Å²) in [5.74, 6) is -0.610. The van der Waals surface area contributed by atoms with Crippen molar-refractivity contribution in [3.63, 3.8) is 0 Å². The lowest BCUT2D eigenvalue weighted by Crippen LogP contribution is -1.85. The zero-order valence-electron chi connectivity index (χ0n) is 4.20. The fourth-order valence-electron chi connectivity index (χ4n) is 0.404. The van der Waals surface area contributed by atoms with Crippen LogP contribution in [0.25, 0.3) is 0 Å². The fourth-order valence-corrected chi connectivity index (χ4v) is 1.63. The van der Waals surface area contributed by atoms with Crippen LogP contribution in [0.1, 0.15) is 0 Å². The largest absolute Gasteiger partial charge is 0.302 e. The number of thiophene rings is 1. The third-order valence-corrected chi connectivity index (χ3v) is 2.65. The molecule has 1 rings (SSSR count). The van der Waals surface area contributed by atoms with E-state index >= 15 is 0 Å². The number of hydrogen-bond acceptors (Lipinski definition) is 2. The maximum absolute atomic E-state index is 12.3. The van der Waals surface area contributed by atoms with E-state index in [0.717, 1.165) is 17.4 Å². The standard InChI is InChI=1S/C4H3FO2S2/c5-3-1-2-8-4(3)9(6)7/h1-2H,(H,6,7). The molecule has 1 atom stereocenters. The van der Waals surface area contributed by atoms with Gasteiger partial charge in [-0.2, -0.15) is 0 Å². The topological polar surface area (TPSA) is 37.3 Å². The third-order valence-electron chi connectivity index (χ3n) is 0.743. The van der Waals surface area contributed by atoms with E-state index in [9.17, 15) is 8.60 Å². The molecule has 5 heteroatoms. The summed E-state index contributed by atoms with van der Waals surface area (Å²) < 4.78 is 30.6. The summed E-state index contributed by atoms with van der Waals surface area (Å²) in [6.07, 6.45) is 0. The lowest BCUT2D eigenvalue weighted by Gasteiger charge is -1.84. The Labute approximate surface area is 57.6 Å². The van der Waals surface area contributed by atoms with E-state index in [4.69, 9.17) is 4.55 Å². The van der Waals surface area contributed by atoms with Gasteiger partial charge in [0.25, 0.3) is 0 Å². The molecule has 1 aromatic heterocycles. The lowest BCUT2D eigenvalue weighted by molar-refractivity contribution is 0.551. The molecule has 1 heterocycles. The normalized spacial score (nSPS) is 13.6. The maximum Gasteiger partial charge on any atom is 0.199 e. The summed E-state index contributed by atoms with van der Waals surface area (Å²) in [4.78, 5) is 0. The van der Waals surface area contributed by atoms with Crippen molar-refractivity contribution in [3.8, 4) is 0 Å². The van der Waals surface area contributed by atoms with Crippen LogP contribution in [-0.4, -0.2) is 8.76 Å². The van der Waals surface area contributed by atoms with Crippen molar-refractivity contribution in [2.45, 2.75) is 4.21 Å². The molecular weight excluding hydrogens is 163 g/mol. The van der Waals surface area contributed by atoms with Gasteiger partial charge in [-0.15, -0.1) is 11.3 Å². The second-order valence-electron chi connectivity index (χ2n) is 1.31. The summed E-state index contributed by atoms with van der Waals surface area (Å²) in [5, 5.41) is 1.43. The van der Waals surface area contributed by atoms with Gasteiger partial charge in [0.2, 0.25) is 0 Å². The Morgan fingerprint density at radius 2 is 2.44 bits per heavy atom. The van der Waals surface area contributed by atoms with E-state index in [1.54, 1.807) is 0 Å². The summed E-state index contributed by atoms with van der Waals surface area (Å²) in [6.45, 7) is 0. The van der Waals surface area contributed by atoms with Crippen molar-refractivity contribution in [2.75, 3.05) is 0 Å². The Morgan fingerprint density at radius 1 is 1.78 bits per heavy atom. The molecule has 0 spiro atoms. The number of halogens is 1. The van der Waals surface area contributed by atoms with Gasteiger partial charge in [-0.1, -0.05) is 0 Å². The first-order valence-corrected chi connectivity index (χ1v) is 4.04. The van der Waals surface area contributed by atoms with Crippen LogP contribution < -0.4 is 0 Å². The van der Waals surface area contributed by atoms with E-state index in [0.29, 0.717) is 0 Å². The molecule has 1 aromatic rings. The lowest BCUT2D eigenvalue weighted by atomic mass is 10.6. The fraction of sp³-hybridized carbons (Fsp3) is 0. The number of hydrogen-bond donors (Lipinski definition) is 1. The van der Waals surface area contributed by atoms with Gasteiger partial charge in [0.15, 0.2) is 21.1 Å². The SMILES string of the molecule is O=S(O)c1sccc1F. The van der Waals surface area contributed by atoms with E-state index in [1.165, 1.54) is 5.38 Å². The van der Waals surface area contributed by atoms with Crippen LogP contribution in [0.15, 0.2) is 15.7 Å². The van der Waals surface area contributed by atoms with Gasteiger partial charge < -0.3 is 4.55 Å².